The van der Waals surface area contributed by atoms with E-state index in [-0.39, 0.29) is 0 Å². The highest BCUT2D eigenvalue weighted by atomic mass is 15.1. The lowest BCUT2D eigenvalue weighted by Gasteiger charge is -2.25. The Hall–Kier alpha value is -4.30. The molecule has 0 saturated heterocycles. The van der Waals surface area contributed by atoms with E-state index in [0.717, 1.165) is 23.5 Å². The largest absolute Gasteiger partial charge is 0.345 e. The summed E-state index contributed by atoms with van der Waals surface area (Å²) in [6, 6.07) is 47.5. The molecule has 2 heteroatoms. The standard InChI is InChI=1S/C33H30N2/c1-26-13-19-32(20-14-26)35(31-11-7-4-8-12-31)33-23-17-28(18-24-33)25-27-15-21-30(22-16-27)34(2)29-9-5-3-6-10-29/h3-24H,25H2,1-2H3. The van der Waals surface area contributed by atoms with E-state index in [9.17, 15) is 0 Å². The molecule has 35 heavy (non-hydrogen) atoms. The van der Waals surface area contributed by atoms with Crippen molar-refractivity contribution in [2.24, 2.45) is 0 Å². The summed E-state index contributed by atoms with van der Waals surface area (Å²) in [5, 5.41) is 0. The van der Waals surface area contributed by atoms with Gasteiger partial charge in [-0.2, -0.15) is 0 Å². The van der Waals surface area contributed by atoms with Crippen LogP contribution in [0.25, 0.3) is 0 Å². The Morgan fingerprint density at radius 1 is 0.429 bits per heavy atom. The molecule has 0 aromatic heterocycles. The van der Waals surface area contributed by atoms with Crippen LogP contribution in [-0.2, 0) is 6.42 Å². The molecule has 0 amide bonds. The third-order valence-electron chi connectivity index (χ3n) is 6.38. The Kier molecular flexibility index (Phi) is 6.63. The van der Waals surface area contributed by atoms with E-state index in [2.05, 4.69) is 151 Å². The summed E-state index contributed by atoms with van der Waals surface area (Å²) in [4.78, 5) is 4.51. The first-order valence-electron chi connectivity index (χ1n) is 12.1. The molecule has 0 N–H and O–H groups in total. The third-order valence-corrected chi connectivity index (χ3v) is 6.38. The molecule has 0 aliphatic heterocycles. The van der Waals surface area contributed by atoms with Crippen LogP contribution in [0.1, 0.15) is 16.7 Å². The number of aryl methyl sites for hydroxylation is 1. The molecular formula is C33H30N2. The van der Waals surface area contributed by atoms with Crippen molar-refractivity contribution in [3.05, 3.63) is 150 Å². The predicted molar refractivity (Wildman–Crippen MR) is 150 cm³/mol. The topological polar surface area (TPSA) is 6.48 Å². The maximum absolute atomic E-state index is 2.30. The van der Waals surface area contributed by atoms with Crippen molar-refractivity contribution < 1.29 is 0 Å². The number of hydrogen-bond acceptors (Lipinski definition) is 2. The van der Waals surface area contributed by atoms with Crippen LogP contribution in [-0.4, -0.2) is 7.05 Å². The van der Waals surface area contributed by atoms with Crippen LogP contribution in [0.2, 0.25) is 0 Å². The maximum atomic E-state index is 2.30. The van der Waals surface area contributed by atoms with Crippen LogP contribution in [0.15, 0.2) is 133 Å². The summed E-state index contributed by atoms with van der Waals surface area (Å²) >= 11 is 0. The second-order valence-electron chi connectivity index (χ2n) is 8.91. The van der Waals surface area contributed by atoms with E-state index in [1.54, 1.807) is 0 Å². The molecule has 5 rings (SSSR count). The van der Waals surface area contributed by atoms with Gasteiger partial charge in [-0.05, 0) is 85.1 Å². The third kappa shape index (κ3) is 5.28. The van der Waals surface area contributed by atoms with Gasteiger partial charge >= 0.3 is 0 Å². The highest BCUT2D eigenvalue weighted by molar-refractivity contribution is 5.76. The van der Waals surface area contributed by atoms with Gasteiger partial charge in [0.15, 0.2) is 0 Å². The minimum Gasteiger partial charge on any atom is -0.345 e. The number of rotatable bonds is 7. The predicted octanol–water partition coefficient (Wildman–Crippen LogP) is 8.82. The van der Waals surface area contributed by atoms with Crippen LogP contribution in [0.5, 0.6) is 0 Å². The first kappa shape index (κ1) is 22.5. The van der Waals surface area contributed by atoms with Crippen LogP contribution in [0, 0.1) is 6.92 Å². The van der Waals surface area contributed by atoms with Gasteiger partial charge in [-0.1, -0.05) is 78.4 Å². The molecule has 172 valence electrons. The molecule has 0 atom stereocenters. The second kappa shape index (κ2) is 10.3. The van der Waals surface area contributed by atoms with E-state index >= 15 is 0 Å². The van der Waals surface area contributed by atoms with Gasteiger partial charge in [-0.25, -0.2) is 0 Å². The molecule has 0 saturated carbocycles. The first-order chi connectivity index (χ1) is 17.2. The van der Waals surface area contributed by atoms with Crippen molar-refractivity contribution in [1.82, 2.24) is 0 Å². The normalized spacial score (nSPS) is 10.7. The van der Waals surface area contributed by atoms with Crippen LogP contribution >= 0.6 is 0 Å². The average Bonchev–Trinajstić information content (AvgIpc) is 2.92. The fraction of sp³-hybridized carbons (Fsp3) is 0.0909. The summed E-state index contributed by atoms with van der Waals surface area (Å²) in [5.41, 5.74) is 9.71. The molecule has 5 aromatic rings. The zero-order chi connectivity index (χ0) is 24.0. The number of hydrogen-bond donors (Lipinski definition) is 0. The fourth-order valence-corrected chi connectivity index (χ4v) is 4.35. The Morgan fingerprint density at radius 2 is 0.800 bits per heavy atom. The minimum absolute atomic E-state index is 0.908. The summed E-state index contributed by atoms with van der Waals surface area (Å²) in [7, 11) is 2.11. The number of anilines is 5. The molecule has 0 bridgehead atoms. The van der Waals surface area contributed by atoms with E-state index in [4.69, 9.17) is 0 Å². The Balaban J connectivity index is 1.34. The van der Waals surface area contributed by atoms with Gasteiger partial charge in [0.1, 0.15) is 0 Å². The van der Waals surface area contributed by atoms with Crippen LogP contribution < -0.4 is 9.80 Å². The lowest BCUT2D eigenvalue weighted by molar-refractivity contribution is 1.16. The molecular weight excluding hydrogens is 424 g/mol. The van der Waals surface area contributed by atoms with E-state index in [1.807, 2.05) is 6.07 Å². The first-order valence-corrected chi connectivity index (χ1v) is 12.1. The van der Waals surface area contributed by atoms with Gasteiger partial charge in [0.05, 0.1) is 0 Å². The zero-order valence-corrected chi connectivity index (χ0v) is 20.3. The fourth-order valence-electron chi connectivity index (χ4n) is 4.35. The molecule has 0 radical (unpaired) electrons. The van der Waals surface area contributed by atoms with Gasteiger partial charge in [-0.15, -0.1) is 0 Å². The molecule has 0 spiro atoms. The van der Waals surface area contributed by atoms with Gasteiger partial charge in [0.25, 0.3) is 0 Å². The lowest BCUT2D eigenvalue weighted by Crippen LogP contribution is -2.10. The second-order valence-corrected chi connectivity index (χ2v) is 8.91. The minimum atomic E-state index is 0.908. The molecule has 0 unspecified atom stereocenters. The van der Waals surface area contributed by atoms with Crippen molar-refractivity contribution in [3.8, 4) is 0 Å². The molecule has 5 aromatic carbocycles. The van der Waals surface area contributed by atoms with Gasteiger partial charge < -0.3 is 9.80 Å². The highest BCUT2D eigenvalue weighted by Crippen LogP contribution is 2.34. The van der Waals surface area contributed by atoms with Gasteiger partial charge in [0, 0.05) is 35.5 Å². The smallest absolute Gasteiger partial charge is 0.0461 e. The van der Waals surface area contributed by atoms with Crippen LogP contribution in [0.3, 0.4) is 0 Å². The molecule has 0 fully saturated rings. The average molecular weight is 455 g/mol. The van der Waals surface area contributed by atoms with Crippen molar-refractivity contribution in [2.45, 2.75) is 13.3 Å². The quantitative estimate of drug-likeness (QED) is 0.242. The van der Waals surface area contributed by atoms with E-state index < -0.39 is 0 Å². The van der Waals surface area contributed by atoms with Gasteiger partial charge in [-0.3, -0.25) is 0 Å². The molecule has 2 nitrogen and oxygen atoms in total. The summed E-state index contributed by atoms with van der Waals surface area (Å²) in [6.07, 6.45) is 0.908. The molecule has 0 aliphatic carbocycles. The van der Waals surface area contributed by atoms with E-state index in [1.165, 1.54) is 28.1 Å². The highest BCUT2D eigenvalue weighted by Gasteiger charge is 2.12. The van der Waals surface area contributed by atoms with Gasteiger partial charge in [0.2, 0.25) is 0 Å². The summed E-state index contributed by atoms with van der Waals surface area (Å²) in [5.74, 6) is 0. The number of para-hydroxylation sites is 2. The van der Waals surface area contributed by atoms with Crippen molar-refractivity contribution in [3.63, 3.8) is 0 Å². The molecule has 0 aliphatic rings. The van der Waals surface area contributed by atoms with Crippen molar-refractivity contribution in [1.29, 1.82) is 0 Å². The zero-order valence-electron chi connectivity index (χ0n) is 20.3. The summed E-state index contributed by atoms with van der Waals surface area (Å²) < 4.78 is 0. The summed E-state index contributed by atoms with van der Waals surface area (Å²) in [6.45, 7) is 2.12. The monoisotopic (exact) mass is 454 g/mol. The van der Waals surface area contributed by atoms with Crippen molar-refractivity contribution in [2.75, 3.05) is 16.8 Å². The Bertz CT molecular complexity index is 1340. The van der Waals surface area contributed by atoms with E-state index in [0.29, 0.717) is 0 Å². The lowest BCUT2D eigenvalue weighted by atomic mass is 10.0. The number of benzene rings is 5. The molecule has 0 heterocycles. The number of nitrogens with zero attached hydrogens (tertiary/aromatic N) is 2. The Labute approximate surface area is 208 Å². The van der Waals surface area contributed by atoms with Crippen molar-refractivity contribution >= 4 is 28.4 Å². The maximum Gasteiger partial charge on any atom is 0.0461 e. The SMILES string of the molecule is Cc1ccc(N(c2ccccc2)c2ccc(Cc3ccc(N(C)c4ccccc4)cc3)cc2)cc1. The Morgan fingerprint density at radius 3 is 1.31 bits per heavy atom. The van der Waals surface area contributed by atoms with Crippen LogP contribution in [0.4, 0.5) is 28.4 Å².